The lowest BCUT2D eigenvalue weighted by atomic mass is 9.70. The van der Waals surface area contributed by atoms with Crippen molar-refractivity contribution in [1.82, 2.24) is 0 Å². The lowest BCUT2D eigenvalue weighted by Gasteiger charge is -2.33. The maximum Gasteiger partial charge on any atom is 0.0726 e. The van der Waals surface area contributed by atoms with Gasteiger partial charge >= 0.3 is 0 Å². The fraction of sp³-hybridized carbons (Fsp3) is 0.0169. The standard InChI is InChI=1S/C59H37N/c1-2-17-39(18-3-1)58-42-19-5-4-16-38(42)30-35-57(58)60(40-31-33-47-45-22-7-6-20-43(45)44-21-8-9-23-46(44)52(47)36-40)41-32-34-51-50-26-12-15-29-55(50)59(56(51)37-41)53-27-13-10-24-48(53)49-25-11-14-28-54(49)59/h1-37H. The molecule has 0 saturated heterocycles. The Morgan fingerprint density at radius 3 is 1.35 bits per heavy atom. The zero-order valence-corrected chi connectivity index (χ0v) is 32.8. The molecular formula is C59H37N. The van der Waals surface area contributed by atoms with Crippen LogP contribution in [0.2, 0.25) is 0 Å². The minimum atomic E-state index is -0.453. The van der Waals surface area contributed by atoms with E-state index in [4.69, 9.17) is 0 Å². The van der Waals surface area contributed by atoms with E-state index < -0.39 is 5.41 Å². The molecule has 2 aliphatic carbocycles. The summed E-state index contributed by atoms with van der Waals surface area (Å²) < 4.78 is 0. The molecule has 2 aliphatic rings. The molecule has 11 aromatic rings. The van der Waals surface area contributed by atoms with Gasteiger partial charge in [0.1, 0.15) is 0 Å². The van der Waals surface area contributed by atoms with Gasteiger partial charge in [-0.05, 0) is 123 Å². The van der Waals surface area contributed by atoms with Crippen LogP contribution in [0.3, 0.4) is 0 Å². The summed E-state index contributed by atoms with van der Waals surface area (Å²) in [6, 6.07) is 83.8. The first kappa shape index (κ1) is 33.3. The summed E-state index contributed by atoms with van der Waals surface area (Å²) in [5.41, 5.74) is 15.9. The second-order valence-corrected chi connectivity index (χ2v) is 16.3. The molecule has 0 aliphatic heterocycles. The Bertz CT molecular complexity index is 3460. The lowest BCUT2D eigenvalue weighted by Crippen LogP contribution is -2.26. The smallest absolute Gasteiger partial charge is 0.0726 e. The van der Waals surface area contributed by atoms with E-state index in [1.54, 1.807) is 0 Å². The first-order valence-electron chi connectivity index (χ1n) is 20.9. The highest BCUT2D eigenvalue weighted by Gasteiger charge is 2.51. The highest BCUT2D eigenvalue weighted by Crippen LogP contribution is 2.63. The van der Waals surface area contributed by atoms with Gasteiger partial charge in [-0.15, -0.1) is 0 Å². The molecule has 278 valence electrons. The van der Waals surface area contributed by atoms with E-state index in [1.807, 2.05) is 0 Å². The predicted molar refractivity (Wildman–Crippen MR) is 253 cm³/mol. The third kappa shape index (κ3) is 4.47. The molecule has 60 heavy (non-hydrogen) atoms. The van der Waals surface area contributed by atoms with Gasteiger partial charge in [-0.1, -0.05) is 194 Å². The summed E-state index contributed by atoms with van der Waals surface area (Å²) >= 11 is 0. The van der Waals surface area contributed by atoms with Crippen molar-refractivity contribution in [3.8, 4) is 33.4 Å². The van der Waals surface area contributed by atoms with Gasteiger partial charge < -0.3 is 4.90 Å². The predicted octanol–water partition coefficient (Wildman–Crippen LogP) is 15.8. The fourth-order valence-corrected chi connectivity index (χ4v) is 11.0. The van der Waals surface area contributed by atoms with Crippen molar-refractivity contribution in [2.24, 2.45) is 0 Å². The van der Waals surface area contributed by atoms with Crippen molar-refractivity contribution in [1.29, 1.82) is 0 Å². The molecule has 0 unspecified atom stereocenters. The molecule has 0 heterocycles. The van der Waals surface area contributed by atoms with Crippen LogP contribution in [0.15, 0.2) is 224 Å². The Kier molecular flexibility index (Phi) is 7.00. The van der Waals surface area contributed by atoms with E-state index in [1.165, 1.54) is 98.7 Å². The van der Waals surface area contributed by atoms with Crippen LogP contribution in [0, 0.1) is 0 Å². The van der Waals surface area contributed by atoms with Gasteiger partial charge in [0.15, 0.2) is 0 Å². The van der Waals surface area contributed by atoms with E-state index in [0.29, 0.717) is 0 Å². The van der Waals surface area contributed by atoms with Crippen LogP contribution >= 0.6 is 0 Å². The molecule has 13 rings (SSSR count). The largest absolute Gasteiger partial charge is 0.310 e. The lowest BCUT2D eigenvalue weighted by molar-refractivity contribution is 0.793. The van der Waals surface area contributed by atoms with Crippen LogP contribution in [0.4, 0.5) is 17.1 Å². The number of hydrogen-bond acceptors (Lipinski definition) is 1. The summed E-state index contributed by atoms with van der Waals surface area (Å²) in [4.78, 5) is 2.53. The molecule has 0 N–H and O–H groups in total. The maximum absolute atomic E-state index is 2.53. The van der Waals surface area contributed by atoms with Gasteiger partial charge in [0.25, 0.3) is 0 Å². The van der Waals surface area contributed by atoms with Gasteiger partial charge in [-0.2, -0.15) is 0 Å². The summed E-state index contributed by atoms with van der Waals surface area (Å²) in [5.74, 6) is 0. The Morgan fingerprint density at radius 2 is 0.733 bits per heavy atom. The zero-order valence-electron chi connectivity index (χ0n) is 32.8. The molecule has 0 radical (unpaired) electrons. The fourth-order valence-electron chi connectivity index (χ4n) is 11.0. The number of nitrogens with zero attached hydrogens (tertiary/aromatic N) is 1. The van der Waals surface area contributed by atoms with E-state index in [2.05, 4.69) is 229 Å². The Morgan fingerprint density at radius 1 is 0.283 bits per heavy atom. The molecular weight excluding hydrogens is 723 g/mol. The SMILES string of the molecule is c1ccc(-c2c(N(c3ccc4c(c3)C3(c5ccccc5-c5ccccc53)c3ccccc3-4)c3ccc4c5ccccc5c5ccccc5c4c3)ccc3ccccc23)cc1. The second-order valence-electron chi connectivity index (χ2n) is 16.3. The monoisotopic (exact) mass is 759 g/mol. The molecule has 0 bridgehead atoms. The molecule has 0 amide bonds. The molecule has 0 atom stereocenters. The topological polar surface area (TPSA) is 3.24 Å². The maximum atomic E-state index is 2.53. The Hall–Kier alpha value is -7.74. The van der Waals surface area contributed by atoms with Crippen LogP contribution in [0.1, 0.15) is 22.3 Å². The summed E-state index contributed by atoms with van der Waals surface area (Å²) in [7, 11) is 0. The van der Waals surface area contributed by atoms with Crippen molar-refractivity contribution in [2.45, 2.75) is 5.41 Å². The van der Waals surface area contributed by atoms with E-state index >= 15 is 0 Å². The number of benzene rings is 11. The summed E-state index contributed by atoms with van der Waals surface area (Å²) in [6.45, 7) is 0. The molecule has 0 fully saturated rings. The average Bonchev–Trinajstić information content (AvgIpc) is 3.79. The number of fused-ring (bicyclic) bond motifs is 17. The van der Waals surface area contributed by atoms with Gasteiger partial charge in [0.05, 0.1) is 11.1 Å². The van der Waals surface area contributed by atoms with Crippen molar-refractivity contribution in [3.63, 3.8) is 0 Å². The van der Waals surface area contributed by atoms with E-state index in [-0.39, 0.29) is 0 Å². The Labute approximate surface area is 349 Å². The van der Waals surface area contributed by atoms with Gasteiger partial charge in [0.2, 0.25) is 0 Å². The van der Waals surface area contributed by atoms with Gasteiger partial charge in [0, 0.05) is 16.9 Å². The number of rotatable bonds is 4. The van der Waals surface area contributed by atoms with Crippen LogP contribution < -0.4 is 4.90 Å². The molecule has 1 spiro atoms. The molecule has 1 heteroatoms. The third-order valence-electron chi connectivity index (χ3n) is 13.4. The minimum Gasteiger partial charge on any atom is -0.310 e. The van der Waals surface area contributed by atoms with Crippen LogP contribution in [-0.4, -0.2) is 0 Å². The van der Waals surface area contributed by atoms with Crippen LogP contribution in [0.25, 0.3) is 76.5 Å². The Balaban J connectivity index is 1.15. The average molecular weight is 760 g/mol. The minimum absolute atomic E-state index is 0.453. The van der Waals surface area contributed by atoms with Crippen molar-refractivity contribution in [2.75, 3.05) is 4.90 Å². The third-order valence-corrected chi connectivity index (χ3v) is 13.4. The molecule has 11 aromatic carbocycles. The normalized spacial score (nSPS) is 13.1. The number of anilines is 3. The summed E-state index contributed by atoms with van der Waals surface area (Å²) in [6.07, 6.45) is 0. The van der Waals surface area contributed by atoms with Crippen molar-refractivity contribution < 1.29 is 0 Å². The quantitative estimate of drug-likeness (QED) is 0.162. The second kappa shape index (κ2) is 12.6. The van der Waals surface area contributed by atoms with E-state index in [0.717, 1.165) is 17.1 Å². The summed E-state index contributed by atoms with van der Waals surface area (Å²) in [5, 5.41) is 10.1. The first-order valence-corrected chi connectivity index (χ1v) is 20.9. The van der Waals surface area contributed by atoms with Gasteiger partial charge in [-0.3, -0.25) is 0 Å². The van der Waals surface area contributed by atoms with Crippen molar-refractivity contribution >= 4 is 60.2 Å². The van der Waals surface area contributed by atoms with Crippen LogP contribution in [-0.2, 0) is 5.41 Å². The molecule has 0 aromatic heterocycles. The van der Waals surface area contributed by atoms with Crippen molar-refractivity contribution in [3.05, 3.63) is 247 Å². The zero-order chi connectivity index (χ0) is 39.4. The van der Waals surface area contributed by atoms with Gasteiger partial charge in [-0.25, -0.2) is 0 Å². The first-order chi connectivity index (χ1) is 29.8. The highest BCUT2D eigenvalue weighted by molar-refractivity contribution is 6.26. The molecule has 1 nitrogen and oxygen atoms in total. The number of hydrogen-bond donors (Lipinski definition) is 0. The molecule has 0 saturated carbocycles. The van der Waals surface area contributed by atoms with Crippen LogP contribution in [0.5, 0.6) is 0 Å². The van der Waals surface area contributed by atoms with E-state index in [9.17, 15) is 0 Å². The highest BCUT2D eigenvalue weighted by atomic mass is 15.1.